The molecule has 1 aromatic rings. The first-order chi connectivity index (χ1) is 12.2. The van der Waals surface area contributed by atoms with Gasteiger partial charge in [-0.25, -0.2) is 9.69 Å². The summed E-state index contributed by atoms with van der Waals surface area (Å²) in [6.07, 6.45) is -0.147. The average Bonchev–Trinajstić information content (AvgIpc) is 2.87. The molecule has 1 aliphatic rings. The molecule has 142 valence electrons. The summed E-state index contributed by atoms with van der Waals surface area (Å²) in [6, 6.07) is 5.31. The molecule has 0 aromatic heterocycles. The van der Waals surface area contributed by atoms with Gasteiger partial charge in [0.05, 0.1) is 0 Å². The number of carbonyl (C=O) groups excluding carboxylic acids is 2. The van der Waals surface area contributed by atoms with Gasteiger partial charge in [0.25, 0.3) is 0 Å². The Morgan fingerprint density at radius 3 is 2.50 bits per heavy atom. The molecule has 2 rings (SSSR count). The van der Waals surface area contributed by atoms with Gasteiger partial charge in [-0.1, -0.05) is 32.0 Å². The third kappa shape index (κ3) is 4.59. The van der Waals surface area contributed by atoms with Crippen LogP contribution in [-0.4, -0.2) is 35.0 Å². The van der Waals surface area contributed by atoms with Crippen molar-refractivity contribution >= 4 is 12.0 Å². The average molecular weight is 362 g/mol. The number of hydrogen-bond acceptors (Lipinski definition) is 5. The summed E-state index contributed by atoms with van der Waals surface area (Å²) >= 11 is 0. The predicted molar refractivity (Wildman–Crippen MR) is 96.3 cm³/mol. The first-order valence-corrected chi connectivity index (χ1v) is 8.87. The second kappa shape index (κ2) is 8.29. The van der Waals surface area contributed by atoms with E-state index >= 15 is 0 Å². The highest BCUT2D eigenvalue weighted by Crippen LogP contribution is 2.33. The first kappa shape index (κ1) is 19.9. The summed E-state index contributed by atoms with van der Waals surface area (Å²) in [5, 5.41) is 10.9. The van der Waals surface area contributed by atoms with Crippen molar-refractivity contribution in [2.45, 2.75) is 46.6 Å². The number of carbonyl (C=O) groups is 2. The lowest BCUT2D eigenvalue weighted by Crippen LogP contribution is -2.37. The molecule has 0 N–H and O–H groups in total. The van der Waals surface area contributed by atoms with Gasteiger partial charge in [0.1, 0.15) is 12.6 Å². The molecule has 1 saturated heterocycles. The Kier molecular flexibility index (Phi) is 6.34. The molecular weight excluding hydrogens is 336 g/mol. The fourth-order valence-corrected chi connectivity index (χ4v) is 3.71. The summed E-state index contributed by atoms with van der Waals surface area (Å²) in [7, 11) is 0. The van der Waals surface area contributed by atoms with Crippen LogP contribution in [0.5, 0.6) is 0 Å². The maximum atomic E-state index is 12.8. The van der Waals surface area contributed by atoms with Crippen molar-refractivity contribution in [3.8, 4) is 0 Å². The van der Waals surface area contributed by atoms with E-state index in [0.717, 1.165) is 21.6 Å². The van der Waals surface area contributed by atoms with Crippen LogP contribution in [0, 0.1) is 35.8 Å². The van der Waals surface area contributed by atoms with Crippen molar-refractivity contribution in [1.29, 1.82) is 0 Å². The van der Waals surface area contributed by atoms with Crippen LogP contribution in [0.15, 0.2) is 18.2 Å². The Labute approximate surface area is 153 Å². The van der Waals surface area contributed by atoms with E-state index in [-0.39, 0.29) is 25.5 Å². The van der Waals surface area contributed by atoms with Crippen LogP contribution in [-0.2, 0) is 9.53 Å². The summed E-state index contributed by atoms with van der Waals surface area (Å²) in [6.45, 7) is 7.62. The highest BCUT2D eigenvalue weighted by Gasteiger charge is 2.41. The number of nitrogens with zero attached hydrogens (tertiary/aromatic N) is 2. The van der Waals surface area contributed by atoms with Crippen LogP contribution >= 0.6 is 0 Å². The minimum Gasteiger partial charge on any atom is -0.446 e. The molecule has 1 aliphatic heterocycles. The van der Waals surface area contributed by atoms with Gasteiger partial charge in [0, 0.05) is 17.3 Å². The Hall–Kier alpha value is -2.44. The maximum absolute atomic E-state index is 12.8. The van der Waals surface area contributed by atoms with E-state index in [4.69, 9.17) is 4.74 Å². The zero-order valence-electron chi connectivity index (χ0n) is 15.7. The zero-order chi connectivity index (χ0) is 19.4. The van der Waals surface area contributed by atoms with E-state index in [1.807, 2.05) is 45.9 Å². The van der Waals surface area contributed by atoms with E-state index in [1.165, 1.54) is 0 Å². The molecule has 0 radical (unpaired) electrons. The van der Waals surface area contributed by atoms with E-state index in [9.17, 15) is 19.7 Å². The smallest absolute Gasteiger partial charge is 0.417 e. The number of ether oxygens (including phenoxy) is 1. The Morgan fingerprint density at radius 2 is 1.96 bits per heavy atom. The number of benzene rings is 1. The number of cyclic esters (lactones) is 1. The van der Waals surface area contributed by atoms with E-state index in [2.05, 4.69) is 0 Å². The second-order valence-electron chi connectivity index (χ2n) is 7.38. The number of aryl methyl sites for hydroxylation is 2. The van der Waals surface area contributed by atoms with Crippen LogP contribution < -0.4 is 0 Å². The fraction of sp³-hybridized carbons (Fsp3) is 0.579. The van der Waals surface area contributed by atoms with Gasteiger partial charge in [0.2, 0.25) is 12.5 Å². The molecule has 7 heteroatoms. The minimum atomic E-state index is -0.674. The van der Waals surface area contributed by atoms with Gasteiger partial charge in [0.15, 0.2) is 0 Å². The third-order valence-corrected chi connectivity index (χ3v) is 4.69. The van der Waals surface area contributed by atoms with Gasteiger partial charge in [-0.3, -0.25) is 14.9 Å². The van der Waals surface area contributed by atoms with E-state index in [0.29, 0.717) is 6.42 Å². The van der Waals surface area contributed by atoms with Crippen LogP contribution in [0.4, 0.5) is 4.79 Å². The molecule has 1 heterocycles. The summed E-state index contributed by atoms with van der Waals surface area (Å²) < 4.78 is 5.14. The lowest BCUT2D eigenvalue weighted by molar-refractivity contribution is -0.488. The van der Waals surface area contributed by atoms with Crippen molar-refractivity contribution in [2.24, 2.45) is 11.8 Å². The van der Waals surface area contributed by atoms with Gasteiger partial charge in [-0.05, 0) is 42.9 Å². The molecule has 7 nitrogen and oxygen atoms in total. The van der Waals surface area contributed by atoms with Crippen molar-refractivity contribution in [1.82, 2.24) is 4.90 Å². The fourth-order valence-electron chi connectivity index (χ4n) is 3.71. The maximum Gasteiger partial charge on any atom is 0.417 e. The number of amides is 2. The molecule has 1 unspecified atom stereocenters. The molecule has 2 amide bonds. The zero-order valence-corrected chi connectivity index (χ0v) is 15.7. The van der Waals surface area contributed by atoms with Crippen LogP contribution in [0.1, 0.15) is 49.4 Å². The Bertz CT molecular complexity index is 681. The predicted octanol–water partition coefficient (Wildman–Crippen LogP) is 3.65. The largest absolute Gasteiger partial charge is 0.446 e. The van der Waals surface area contributed by atoms with Crippen molar-refractivity contribution in [3.05, 3.63) is 45.0 Å². The van der Waals surface area contributed by atoms with Crippen LogP contribution in [0.3, 0.4) is 0 Å². The molecular formula is C19H26N2O5. The topological polar surface area (TPSA) is 89.8 Å². The van der Waals surface area contributed by atoms with Gasteiger partial charge >= 0.3 is 6.09 Å². The molecule has 1 aromatic carbocycles. The molecule has 2 atom stereocenters. The van der Waals surface area contributed by atoms with Crippen molar-refractivity contribution < 1.29 is 19.2 Å². The number of nitro groups is 1. The monoisotopic (exact) mass is 362 g/mol. The van der Waals surface area contributed by atoms with Crippen LogP contribution in [0.2, 0.25) is 0 Å². The standard InChI is InChI=1S/C19H26N2O5/c1-12(2)8-15(10-20(24)25)9-17(22)21-16(11-26-19(21)23)18-13(3)6-5-7-14(18)4/h5-7,12,15-16H,8-11H2,1-4H3/t15?,16-/m0/s1. The van der Waals surface area contributed by atoms with E-state index in [1.54, 1.807) is 0 Å². The first-order valence-electron chi connectivity index (χ1n) is 8.87. The summed E-state index contributed by atoms with van der Waals surface area (Å²) in [4.78, 5) is 36.7. The highest BCUT2D eigenvalue weighted by atomic mass is 16.6. The Balaban J connectivity index is 2.24. The lowest BCUT2D eigenvalue weighted by atomic mass is 9.92. The van der Waals surface area contributed by atoms with Gasteiger partial charge in [-0.2, -0.15) is 0 Å². The second-order valence-corrected chi connectivity index (χ2v) is 7.38. The SMILES string of the molecule is Cc1cccc(C)c1[C@@H]1COC(=O)N1C(=O)CC(CC(C)C)C[N+](=O)[O-]. The van der Waals surface area contributed by atoms with E-state index < -0.39 is 28.9 Å². The highest BCUT2D eigenvalue weighted by molar-refractivity contribution is 5.94. The minimum absolute atomic E-state index is 0.0321. The number of rotatable bonds is 7. The van der Waals surface area contributed by atoms with Crippen molar-refractivity contribution in [2.75, 3.05) is 13.2 Å². The third-order valence-electron chi connectivity index (χ3n) is 4.69. The normalized spacial score (nSPS) is 18.1. The molecule has 0 saturated carbocycles. The van der Waals surface area contributed by atoms with Gasteiger partial charge in [-0.15, -0.1) is 0 Å². The number of hydrogen-bond donors (Lipinski definition) is 0. The van der Waals surface area contributed by atoms with Crippen molar-refractivity contribution in [3.63, 3.8) is 0 Å². The molecule has 0 bridgehead atoms. The molecule has 0 aliphatic carbocycles. The van der Waals surface area contributed by atoms with Gasteiger partial charge < -0.3 is 4.74 Å². The quantitative estimate of drug-likeness (QED) is 0.545. The molecule has 26 heavy (non-hydrogen) atoms. The summed E-state index contributed by atoms with van der Waals surface area (Å²) in [5.74, 6) is -0.579. The molecule has 1 fully saturated rings. The lowest BCUT2D eigenvalue weighted by Gasteiger charge is -2.24. The van der Waals surface area contributed by atoms with Crippen LogP contribution in [0.25, 0.3) is 0 Å². The molecule has 0 spiro atoms. The number of imide groups is 1. The summed E-state index contributed by atoms with van der Waals surface area (Å²) in [5.41, 5.74) is 2.87. The Morgan fingerprint density at radius 1 is 1.35 bits per heavy atom.